The molecule has 14 heavy (non-hydrogen) atoms. The minimum absolute atomic E-state index is 0.193. The maximum atomic E-state index is 11.0. The van der Waals surface area contributed by atoms with E-state index in [1.165, 1.54) is 11.1 Å². The number of allylic oxidation sites excluding steroid dienone is 2. The second-order valence-electron chi connectivity index (χ2n) is 3.35. The van der Waals surface area contributed by atoms with Gasteiger partial charge in [0.05, 0.1) is 0 Å². The lowest BCUT2D eigenvalue weighted by Crippen LogP contribution is -1.90. The van der Waals surface area contributed by atoms with Crippen LogP contribution in [0.3, 0.4) is 0 Å². The van der Waals surface area contributed by atoms with Gasteiger partial charge in [0.1, 0.15) is 0 Å². The fourth-order valence-corrected chi connectivity index (χ4v) is 1.27. The molecule has 0 amide bonds. The zero-order valence-electron chi connectivity index (χ0n) is 8.79. The van der Waals surface area contributed by atoms with E-state index >= 15 is 0 Å². The molecule has 74 valence electrons. The lowest BCUT2D eigenvalue weighted by molar-refractivity contribution is -0.114. The molecule has 0 unspecified atom stereocenters. The summed E-state index contributed by atoms with van der Waals surface area (Å²) in [7, 11) is 0. The molecule has 0 fully saturated rings. The predicted octanol–water partition coefficient (Wildman–Crippen LogP) is 3.07. The van der Waals surface area contributed by atoms with Gasteiger partial charge in [-0.05, 0) is 30.5 Å². The maximum Gasteiger partial charge on any atom is 0.155 e. The number of hydrogen-bond donors (Lipinski definition) is 0. The summed E-state index contributed by atoms with van der Waals surface area (Å²) in [6.45, 7) is 3.96. The summed E-state index contributed by atoms with van der Waals surface area (Å²) in [5, 5.41) is 0. The molecule has 1 aromatic rings. The van der Waals surface area contributed by atoms with Crippen LogP contribution in [0, 0.1) is 6.92 Å². The Bertz CT molecular complexity index is 337. The second-order valence-corrected chi connectivity index (χ2v) is 3.35. The van der Waals surface area contributed by atoms with Crippen molar-refractivity contribution in [1.29, 1.82) is 0 Å². The van der Waals surface area contributed by atoms with Crippen LogP contribution in [0.1, 0.15) is 24.5 Å². The van der Waals surface area contributed by atoms with Gasteiger partial charge in [-0.2, -0.15) is 0 Å². The highest BCUT2D eigenvalue weighted by Gasteiger charge is 1.94. The molecule has 1 nitrogen and oxygen atoms in total. The number of ketones is 1. The van der Waals surface area contributed by atoms with E-state index in [-0.39, 0.29) is 5.78 Å². The van der Waals surface area contributed by atoms with Crippen molar-refractivity contribution in [2.75, 3.05) is 0 Å². The highest BCUT2D eigenvalue weighted by atomic mass is 16.1. The van der Waals surface area contributed by atoms with Crippen LogP contribution < -0.4 is 0 Å². The molecule has 0 N–H and O–H groups in total. The van der Waals surface area contributed by atoms with Crippen LogP contribution in [-0.4, -0.2) is 5.78 Å². The Kier molecular flexibility index (Phi) is 4.11. The van der Waals surface area contributed by atoms with Crippen molar-refractivity contribution in [1.82, 2.24) is 0 Å². The lowest BCUT2D eigenvalue weighted by Gasteiger charge is -2.00. The van der Waals surface area contributed by atoms with E-state index in [9.17, 15) is 4.79 Å². The number of carbonyl (C=O) groups is 1. The molecule has 0 aliphatic rings. The summed E-state index contributed by atoms with van der Waals surface area (Å²) in [4.78, 5) is 11.0. The molecule has 0 aromatic heterocycles. The van der Waals surface area contributed by atoms with E-state index in [0.717, 1.165) is 6.42 Å². The fraction of sp³-hybridized carbons (Fsp3) is 0.308. The van der Waals surface area contributed by atoms with Crippen molar-refractivity contribution in [2.45, 2.75) is 26.7 Å². The van der Waals surface area contributed by atoms with Crippen LogP contribution in [0.15, 0.2) is 36.4 Å². The van der Waals surface area contributed by atoms with Gasteiger partial charge in [-0.3, -0.25) is 4.79 Å². The van der Waals surface area contributed by atoms with Gasteiger partial charge in [0.2, 0.25) is 0 Å². The van der Waals surface area contributed by atoms with Crippen LogP contribution in [0.5, 0.6) is 0 Å². The monoisotopic (exact) mass is 188 g/mol. The third-order valence-electron chi connectivity index (χ3n) is 2.25. The zero-order chi connectivity index (χ0) is 10.4. The molecule has 1 heteroatoms. The van der Waals surface area contributed by atoms with Gasteiger partial charge >= 0.3 is 0 Å². The van der Waals surface area contributed by atoms with E-state index in [2.05, 4.69) is 19.1 Å². The molecule has 0 saturated heterocycles. The van der Waals surface area contributed by atoms with Crippen molar-refractivity contribution in [3.63, 3.8) is 0 Å². The molecule has 1 aromatic carbocycles. The van der Waals surface area contributed by atoms with Gasteiger partial charge in [-0.1, -0.05) is 37.3 Å². The van der Waals surface area contributed by atoms with Gasteiger partial charge in [-0.25, -0.2) is 0 Å². The van der Waals surface area contributed by atoms with Crippen LogP contribution >= 0.6 is 0 Å². The van der Waals surface area contributed by atoms with E-state index in [0.29, 0.717) is 6.42 Å². The Hall–Kier alpha value is -1.37. The number of hydrogen-bond acceptors (Lipinski definition) is 1. The third kappa shape index (κ3) is 3.17. The first-order chi connectivity index (χ1) is 6.74. The third-order valence-corrected chi connectivity index (χ3v) is 2.25. The van der Waals surface area contributed by atoms with Gasteiger partial charge in [-0.15, -0.1) is 0 Å². The summed E-state index contributed by atoms with van der Waals surface area (Å²) >= 11 is 0. The SMILES string of the molecule is CCC(=O)C=CCc1ccccc1C. The largest absolute Gasteiger partial charge is 0.295 e. The number of carbonyl (C=O) groups excluding carboxylic acids is 1. The zero-order valence-corrected chi connectivity index (χ0v) is 8.79. The molecule has 0 aliphatic heterocycles. The van der Waals surface area contributed by atoms with E-state index in [1.807, 2.05) is 25.1 Å². The molecule has 0 heterocycles. The Balaban J connectivity index is 2.58. The minimum atomic E-state index is 0.193. The van der Waals surface area contributed by atoms with Crippen molar-refractivity contribution in [3.8, 4) is 0 Å². The average Bonchev–Trinajstić information content (AvgIpc) is 2.20. The van der Waals surface area contributed by atoms with Crippen molar-refractivity contribution < 1.29 is 4.79 Å². The molecular weight excluding hydrogens is 172 g/mol. The van der Waals surface area contributed by atoms with Crippen LogP contribution in [0.25, 0.3) is 0 Å². The van der Waals surface area contributed by atoms with Gasteiger partial charge in [0.15, 0.2) is 5.78 Å². The van der Waals surface area contributed by atoms with E-state index in [4.69, 9.17) is 0 Å². The van der Waals surface area contributed by atoms with Gasteiger partial charge < -0.3 is 0 Å². The molecule has 0 saturated carbocycles. The summed E-state index contributed by atoms with van der Waals surface area (Å²) < 4.78 is 0. The Labute approximate surface area is 85.5 Å². The molecule has 1 rings (SSSR count). The fourth-order valence-electron chi connectivity index (χ4n) is 1.27. The normalized spacial score (nSPS) is 10.7. The van der Waals surface area contributed by atoms with Crippen LogP contribution in [-0.2, 0) is 11.2 Å². The summed E-state index contributed by atoms with van der Waals surface area (Å²) in [5.74, 6) is 0.193. The average molecular weight is 188 g/mol. The van der Waals surface area contributed by atoms with Crippen LogP contribution in [0.2, 0.25) is 0 Å². The van der Waals surface area contributed by atoms with Crippen molar-refractivity contribution >= 4 is 5.78 Å². The Morgan fingerprint density at radius 2 is 2.07 bits per heavy atom. The number of rotatable bonds is 4. The maximum absolute atomic E-state index is 11.0. The van der Waals surface area contributed by atoms with E-state index in [1.54, 1.807) is 6.08 Å². The molecule has 0 aliphatic carbocycles. The summed E-state index contributed by atoms with van der Waals surface area (Å²) in [6, 6.07) is 8.23. The Morgan fingerprint density at radius 3 is 2.71 bits per heavy atom. The first kappa shape index (κ1) is 10.7. The topological polar surface area (TPSA) is 17.1 Å². The van der Waals surface area contributed by atoms with Gasteiger partial charge in [0, 0.05) is 6.42 Å². The second kappa shape index (κ2) is 5.38. The first-order valence-corrected chi connectivity index (χ1v) is 4.98. The minimum Gasteiger partial charge on any atom is -0.295 e. The predicted molar refractivity (Wildman–Crippen MR) is 59.3 cm³/mol. The van der Waals surface area contributed by atoms with Gasteiger partial charge in [0.25, 0.3) is 0 Å². The molecule has 0 bridgehead atoms. The smallest absolute Gasteiger partial charge is 0.155 e. The first-order valence-electron chi connectivity index (χ1n) is 4.98. The highest BCUT2D eigenvalue weighted by molar-refractivity contribution is 5.89. The quantitative estimate of drug-likeness (QED) is 0.664. The molecular formula is C13H16O. The van der Waals surface area contributed by atoms with Crippen LogP contribution in [0.4, 0.5) is 0 Å². The van der Waals surface area contributed by atoms with E-state index < -0.39 is 0 Å². The highest BCUT2D eigenvalue weighted by Crippen LogP contribution is 2.07. The summed E-state index contributed by atoms with van der Waals surface area (Å²) in [5.41, 5.74) is 2.56. The molecule has 0 atom stereocenters. The molecule has 0 radical (unpaired) electrons. The Morgan fingerprint density at radius 1 is 1.36 bits per heavy atom. The number of aryl methyl sites for hydroxylation is 1. The lowest BCUT2D eigenvalue weighted by atomic mass is 10.1. The molecule has 0 spiro atoms. The summed E-state index contributed by atoms with van der Waals surface area (Å²) in [6.07, 6.45) is 5.04. The van der Waals surface area contributed by atoms with Crippen molar-refractivity contribution in [2.24, 2.45) is 0 Å². The number of benzene rings is 1. The standard InChI is InChI=1S/C13H16O/c1-3-13(14)10-6-9-12-8-5-4-7-11(12)2/h4-8,10H,3,9H2,1-2H3. The van der Waals surface area contributed by atoms with Crippen molar-refractivity contribution in [3.05, 3.63) is 47.5 Å².